The van der Waals surface area contributed by atoms with Gasteiger partial charge < -0.3 is 10.8 Å². The van der Waals surface area contributed by atoms with Gasteiger partial charge >= 0.3 is 0 Å². The maximum Gasteiger partial charge on any atom is 0.138 e. The van der Waals surface area contributed by atoms with Crippen molar-refractivity contribution in [1.29, 1.82) is 0 Å². The molecule has 0 atom stereocenters. The minimum Gasteiger partial charge on any atom is -0.506 e. The maximum atomic E-state index is 9.27. The van der Waals surface area contributed by atoms with Gasteiger partial charge in [-0.25, -0.2) is 0 Å². The van der Waals surface area contributed by atoms with Gasteiger partial charge in [-0.1, -0.05) is 13.8 Å². The van der Waals surface area contributed by atoms with Gasteiger partial charge in [0, 0.05) is 17.8 Å². The molecule has 0 saturated heterocycles. The second kappa shape index (κ2) is 3.54. The van der Waals surface area contributed by atoms with E-state index in [1.54, 1.807) is 0 Å². The van der Waals surface area contributed by atoms with E-state index >= 15 is 0 Å². The van der Waals surface area contributed by atoms with Gasteiger partial charge in [0.15, 0.2) is 0 Å². The first-order chi connectivity index (χ1) is 5.65. The first kappa shape index (κ1) is 9.00. The van der Waals surface area contributed by atoms with Crippen LogP contribution in [0.15, 0.2) is 12.3 Å². The van der Waals surface area contributed by atoms with E-state index in [0.717, 1.165) is 11.3 Å². The molecule has 3 heteroatoms. The maximum absolute atomic E-state index is 9.27. The minimum atomic E-state index is 0.182. The Kier molecular flexibility index (Phi) is 2.65. The van der Waals surface area contributed by atoms with Gasteiger partial charge in [-0.3, -0.25) is 4.98 Å². The smallest absolute Gasteiger partial charge is 0.138 e. The summed E-state index contributed by atoms with van der Waals surface area (Å²) < 4.78 is 0. The standard InChI is InChI=1S/C9H14N2O/c1-6(2)8-3-7(4-10)9(12)5-11-8/h3,5-6,12H,4,10H2,1-2H3. The first-order valence-electron chi connectivity index (χ1n) is 4.03. The van der Waals surface area contributed by atoms with Gasteiger partial charge in [0.2, 0.25) is 0 Å². The lowest BCUT2D eigenvalue weighted by atomic mass is 10.1. The van der Waals surface area contributed by atoms with Crippen molar-refractivity contribution < 1.29 is 5.11 Å². The van der Waals surface area contributed by atoms with E-state index in [1.807, 2.05) is 6.07 Å². The Morgan fingerprint density at radius 1 is 1.58 bits per heavy atom. The largest absolute Gasteiger partial charge is 0.506 e. The molecule has 0 unspecified atom stereocenters. The molecule has 0 radical (unpaired) electrons. The molecule has 1 heterocycles. The molecule has 0 saturated carbocycles. The molecule has 0 aliphatic carbocycles. The average molecular weight is 166 g/mol. The van der Waals surface area contributed by atoms with Gasteiger partial charge in [0.05, 0.1) is 6.20 Å². The van der Waals surface area contributed by atoms with Gasteiger partial charge in [-0.15, -0.1) is 0 Å². The number of aromatic hydroxyl groups is 1. The number of nitrogens with zero attached hydrogens (tertiary/aromatic N) is 1. The molecule has 0 aromatic carbocycles. The summed E-state index contributed by atoms with van der Waals surface area (Å²) in [6.07, 6.45) is 1.46. The van der Waals surface area contributed by atoms with Gasteiger partial charge in [-0.05, 0) is 12.0 Å². The Bertz CT molecular complexity index is 271. The molecular formula is C9H14N2O. The van der Waals surface area contributed by atoms with E-state index in [-0.39, 0.29) is 5.75 Å². The zero-order valence-corrected chi connectivity index (χ0v) is 7.41. The highest BCUT2D eigenvalue weighted by molar-refractivity contribution is 5.31. The third-order valence-electron chi connectivity index (χ3n) is 1.80. The van der Waals surface area contributed by atoms with Crippen LogP contribution in [0.1, 0.15) is 31.0 Å². The summed E-state index contributed by atoms with van der Waals surface area (Å²) in [7, 11) is 0. The van der Waals surface area contributed by atoms with Gasteiger partial charge in [-0.2, -0.15) is 0 Å². The highest BCUT2D eigenvalue weighted by atomic mass is 16.3. The fourth-order valence-electron chi connectivity index (χ4n) is 0.988. The summed E-state index contributed by atoms with van der Waals surface area (Å²) in [6, 6.07) is 1.85. The van der Waals surface area contributed by atoms with Crippen molar-refractivity contribution in [1.82, 2.24) is 4.98 Å². The SMILES string of the molecule is CC(C)c1cc(CN)c(O)cn1. The van der Waals surface area contributed by atoms with Crippen molar-refractivity contribution >= 4 is 0 Å². The number of nitrogens with two attached hydrogens (primary N) is 1. The number of aromatic nitrogens is 1. The quantitative estimate of drug-likeness (QED) is 0.697. The monoisotopic (exact) mass is 166 g/mol. The van der Waals surface area contributed by atoms with Crippen molar-refractivity contribution in [3.63, 3.8) is 0 Å². The normalized spacial score (nSPS) is 10.7. The van der Waals surface area contributed by atoms with Crippen molar-refractivity contribution in [3.05, 3.63) is 23.5 Å². The Morgan fingerprint density at radius 2 is 2.25 bits per heavy atom. The van der Waals surface area contributed by atoms with E-state index in [2.05, 4.69) is 18.8 Å². The molecule has 66 valence electrons. The zero-order valence-electron chi connectivity index (χ0n) is 7.41. The van der Waals surface area contributed by atoms with Crippen molar-refractivity contribution in [2.45, 2.75) is 26.3 Å². The Balaban J connectivity index is 3.05. The highest BCUT2D eigenvalue weighted by Crippen LogP contribution is 2.19. The third kappa shape index (κ3) is 1.74. The van der Waals surface area contributed by atoms with Crippen LogP contribution in [0.4, 0.5) is 0 Å². The molecule has 0 bridgehead atoms. The van der Waals surface area contributed by atoms with E-state index in [0.29, 0.717) is 12.5 Å². The highest BCUT2D eigenvalue weighted by Gasteiger charge is 2.04. The second-order valence-electron chi connectivity index (χ2n) is 3.10. The first-order valence-corrected chi connectivity index (χ1v) is 4.03. The van der Waals surface area contributed by atoms with Crippen molar-refractivity contribution in [2.75, 3.05) is 0 Å². The molecule has 0 spiro atoms. The number of rotatable bonds is 2. The zero-order chi connectivity index (χ0) is 9.14. The predicted octanol–water partition coefficient (Wildman–Crippen LogP) is 1.37. The predicted molar refractivity (Wildman–Crippen MR) is 47.9 cm³/mol. The number of hydrogen-bond donors (Lipinski definition) is 2. The van der Waals surface area contributed by atoms with Crippen LogP contribution in [0.2, 0.25) is 0 Å². The molecule has 1 aromatic heterocycles. The van der Waals surface area contributed by atoms with E-state index in [1.165, 1.54) is 6.20 Å². The van der Waals surface area contributed by atoms with E-state index in [9.17, 15) is 5.11 Å². The molecule has 3 nitrogen and oxygen atoms in total. The molecule has 0 aliphatic heterocycles. The summed E-state index contributed by atoms with van der Waals surface area (Å²) >= 11 is 0. The van der Waals surface area contributed by atoms with Crippen LogP contribution in [0, 0.1) is 0 Å². The molecule has 0 fully saturated rings. The minimum absolute atomic E-state index is 0.182. The summed E-state index contributed by atoms with van der Waals surface area (Å²) in [5, 5.41) is 9.27. The number of hydrogen-bond acceptors (Lipinski definition) is 3. The van der Waals surface area contributed by atoms with Crippen LogP contribution >= 0.6 is 0 Å². The van der Waals surface area contributed by atoms with Gasteiger partial charge in [0.25, 0.3) is 0 Å². The molecule has 0 amide bonds. The van der Waals surface area contributed by atoms with Crippen LogP contribution in [0.5, 0.6) is 5.75 Å². The van der Waals surface area contributed by atoms with Crippen LogP contribution in [-0.4, -0.2) is 10.1 Å². The third-order valence-corrected chi connectivity index (χ3v) is 1.80. The molecule has 0 aliphatic rings. The second-order valence-corrected chi connectivity index (χ2v) is 3.10. The van der Waals surface area contributed by atoms with Crippen molar-refractivity contribution in [2.24, 2.45) is 5.73 Å². The van der Waals surface area contributed by atoms with Gasteiger partial charge in [0.1, 0.15) is 5.75 Å². The topological polar surface area (TPSA) is 59.1 Å². The Hall–Kier alpha value is -1.09. The molecule has 1 rings (SSSR count). The van der Waals surface area contributed by atoms with Crippen LogP contribution in [0.3, 0.4) is 0 Å². The molecule has 1 aromatic rings. The summed E-state index contributed by atoms with van der Waals surface area (Å²) in [4.78, 5) is 4.08. The fourth-order valence-corrected chi connectivity index (χ4v) is 0.988. The lowest BCUT2D eigenvalue weighted by Gasteiger charge is -2.07. The van der Waals surface area contributed by atoms with Crippen LogP contribution < -0.4 is 5.73 Å². The summed E-state index contributed by atoms with van der Waals surface area (Å²) in [5.41, 5.74) is 7.16. The molecular weight excluding hydrogens is 152 g/mol. The summed E-state index contributed by atoms with van der Waals surface area (Å²) in [5.74, 6) is 0.554. The lowest BCUT2D eigenvalue weighted by Crippen LogP contribution is -2.00. The molecule has 12 heavy (non-hydrogen) atoms. The van der Waals surface area contributed by atoms with Crippen LogP contribution in [0.25, 0.3) is 0 Å². The van der Waals surface area contributed by atoms with Crippen molar-refractivity contribution in [3.8, 4) is 5.75 Å². The fraction of sp³-hybridized carbons (Fsp3) is 0.444. The Labute approximate surface area is 72.2 Å². The number of pyridine rings is 1. The van der Waals surface area contributed by atoms with E-state index in [4.69, 9.17) is 5.73 Å². The lowest BCUT2D eigenvalue weighted by molar-refractivity contribution is 0.464. The average Bonchev–Trinajstić information content (AvgIpc) is 2.05. The Morgan fingerprint density at radius 3 is 2.75 bits per heavy atom. The van der Waals surface area contributed by atoms with Crippen LogP contribution in [-0.2, 0) is 6.54 Å². The van der Waals surface area contributed by atoms with E-state index < -0.39 is 0 Å². The summed E-state index contributed by atoms with van der Waals surface area (Å²) in [6.45, 7) is 4.47. The molecule has 3 N–H and O–H groups in total.